The second kappa shape index (κ2) is 3.50. The van der Waals surface area contributed by atoms with Gasteiger partial charge in [0.15, 0.2) is 0 Å². The van der Waals surface area contributed by atoms with E-state index in [-0.39, 0.29) is 0 Å². The van der Waals surface area contributed by atoms with Gasteiger partial charge < -0.3 is 10.3 Å². The van der Waals surface area contributed by atoms with Crippen molar-refractivity contribution in [1.29, 1.82) is 0 Å². The van der Waals surface area contributed by atoms with Gasteiger partial charge in [0.1, 0.15) is 0 Å². The molecule has 1 aliphatic rings. The first-order valence-electron chi connectivity index (χ1n) is 6.07. The number of rotatable bonds is 0. The van der Waals surface area contributed by atoms with Crippen molar-refractivity contribution in [2.45, 2.75) is 0 Å². The maximum Gasteiger partial charge on any atom is 0.0720 e. The van der Waals surface area contributed by atoms with E-state index in [1.807, 2.05) is 6.20 Å². The number of hydrogen-bond donors (Lipinski definition) is 2. The quantitative estimate of drug-likeness (QED) is 0.596. The summed E-state index contributed by atoms with van der Waals surface area (Å²) in [6.45, 7) is 0. The van der Waals surface area contributed by atoms with Gasteiger partial charge in [-0.3, -0.25) is 0 Å². The van der Waals surface area contributed by atoms with Gasteiger partial charge in [0, 0.05) is 22.7 Å². The number of para-hydroxylation sites is 1. The molecule has 0 unspecified atom stereocenters. The van der Waals surface area contributed by atoms with Crippen molar-refractivity contribution in [3.8, 4) is 11.3 Å². The van der Waals surface area contributed by atoms with Crippen LogP contribution in [-0.2, 0) is 0 Å². The minimum absolute atomic E-state index is 1.16. The molecule has 0 spiro atoms. The molecule has 4 rings (SSSR count). The van der Waals surface area contributed by atoms with Crippen LogP contribution in [0.15, 0.2) is 54.7 Å². The molecule has 0 atom stereocenters. The highest BCUT2D eigenvalue weighted by molar-refractivity contribution is 6.03. The number of aromatic amines is 1. The van der Waals surface area contributed by atoms with E-state index in [4.69, 9.17) is 0 Å². The van der Waals surface area contributed by atoms with Gasteiger partial charge in [-0.1, -0.05) is 42.5 Å². The van der Waals surface area contributed by atoms with Gasteiger partial charge >= 0.3 is 0 Å². The summed E-state index contributed by atoms with van der Waals surface area (Å²) in [7, 11) is 0. The molecule has 1 aliphatic heterocycles. The topological polar surface area (TPSA) is 27.8 Å². The molecular formula is C16H12N2. The highest BCUT2D eigenvalue weighted by Crippen LogP contribution is 2.38. The Bertz CT molecular complexity index is 766. The van der Waals surface area contributed by atoms with Crippen LogP contribution in [0.25, 0.3) is 28.2 Å². The van der Waals surface area contributed by atoms with Crippen LogP contribution in [0.3, 0.4) is 0 Å². The van der Waals surface area contributed by atoms with E-state index in [0.717, 1.165) is 11.4 Å². The van der Waals surface area contributed by atoms with E-state index in [9.17, 15) is 0 Å². The monoisotopic (exact) mass is 232 g/mol. The minimum atomic E-state index is 1.16. The van der Waals surface area contributed by atoms with Crippen molar-refractivity contribution in [1.82, 2.24) is 4.98 Å². The Kier molecular flexibility index (Phi) is 1.86. The van der Waals surface area contributed by atoms with Crippen molar-refractivity contribution >= 4 is 22.7 Å². The lowest BCUT2D eigenvalue weighted by molar-refractivity contribution is 1.45. The highest BCUT2D eigenvalue weighted by Gasteiger charge is 2.15. The van der Waals surface area contributed by atoms with Gasteiger partial charge in [0.25, 0.3) is 0 Å². The highest BCUT2D eigenvalue weighted by atomic mass is 14.9. The second-order valence-electron chi connectivity index (χ2n) is 4.49. The Hall–Kier alpha value is -2.48. The molecule has 0 saturated carbocycles. The Labute approximate surface area is 105 Å². The molecular weight excluding hydrogens is 220 g/mol. The van der Waals surface area contributed by atoms with E-state index in [0.29, 0.717) is 0 Å². The van der Waals surface area contributed by atoms with Crippen LogP contribution in [0.1, 0.15) is 5.56 Å². The molecule has 0 aliphatic carbocycles. The molecule has 2 N–H and O–H groups in total. The predicted octanol–water partition coefficient (Wildman–Crippen LogP) is 4.23. The fourth-order valence-corrected chi connectivity index (χ4v) is 2.58. The normalized spacial score (nSPS) is 12.7. The number of anilines is 1. The Morgan fingerprint density at radius 3 is 2.67 bits per heavy atom. The molecule has 2 aromatic carbocycles. The van der Waals surface area contributed by atoms with Gasteiger partial charge in [-0.2, -0.15) is 0 Å². The molecule has 2 nitrogen and oxygen atoms in total. The lowest BCUT2D eigenvalue weighted by Gasteiger charge is -2.03. The number of nitrogens with one attached hydrogen (secondary N) is 2. The summed E-state index contributed by atoms with van der Waals surface area (Å²) in [5.74, 6) is 0. The molecule has 0 amide bonds. The van der Waals surface area contributed by atoms with Crippen LogP contribution < -0.4 is 5.32 Å². The SMILES string of the molecule is C1=Cc2ccccc2-c2[nH]c3ccccc3c2N1. The van der Waals surface area contributed by atoms with Crippen LogP contribution in [-0.4, -0.2) is 4.98 Å². The average molecular weight is 232 g/mol. The molecule has 0 fully saturated rings. The van der Waals surface area contributed by atoms with Crippen molar-refractivity contribution in [2.24, 2.45) is 0 Å². The zero-order chi connectivity index (χ0) is 11.9. The van der Waals surface area contributed by atoms with E-state index in [1.165, 1.54) is 22.0 Å². The molecule has 1 aromatic heterocycles. The molecule has 0 bridgehead atoms. The zero-order valence-corrected chi connectivity index (χ0v) is 9.77. The first-order valence-corrected chi connectivity index (χ1v) is 6.07. The minimum Gasteiger partial charge on any atom is -0.359 e. The van der Waals surface area contributed by atoms with Gasteiger partial charge in [0.2, 0.25) is 0 Å². The summed E-state index contributed by atoms with van der Waals surface area (Å²) in [5.41, 5.74) is 5.96. The van der Waals surface area contributed by atoms with Gasteiger partial charge in [-0.25, -0.2) is 0 Å². The maximum atomic E-state index is 3.51. The third kappa shape index (κ3) is 1.23. The smallest absolute Gasteiger partial charge is 0.0720 e. The molecule has 3 aromatic rings. The third-order valence-electron chi connectivity index (χ3n) is 3.43. The summed E-state index contributed by atoms with van der Waals surface area (Å²) >= 11 is 0. The molecule has 2 heteroatoms. The summed E-state index contributed by atoms with van der Waals surface area (Å²) in [4.78, 5) is 3.51. The third-order valence-corrected chi connectivity index (χ3v) is 3.43. The van der Waals surface area contributed by atoms with Crippen LogP contribution in [0.5, 0.6) is 0 Å². The van der Waals surface area contributed by atoms with Crippen molar-refractivity contribution in [2.75, 3.05) is 5.32 Å². The summed E-state index contributed by atoms with van der Waals surface area (Å²) in [6.07, 6.45) is 4.11. The number of hydrogen-bond acceptors (Lipinski definition) is 1. The zero-order valence-electron chi connectivity index (χ0n) is 9.77. The van der Waals surface area contributed by atoms with Gasteiger partial charge in [-0.05, 0) is 17.7 Å². The number of fused-ring (bicyclic) bond motifs is 5. The summed E-state index contributed by atoms with van der Waals surface area (Å²) in [6, 6.07) is 16.8. The maximum absolute atomic E-state index is 3.51. The van der Waals surface area contributed by atoms with Crippen LogP contribution >= 0.6 is 0 Å². The Balaban J connectivity index is 2.13. The van der Waals surface area contributed by atoms with E-state index >= 15 is 0 Å². The van der Waals surface area contributed by atoms with Crippen LogP contribution in [0.4, 0.5) is 5.69 Å². The van der Waals surface area contributed by atoms with Crippen molar-refractivity contribution in [3.05, 3.63) is 60.3 Å². The lowest BCUT2D eigenvalue weighted by atomic mass is 10.0. The largest absolute Gasteiger partial charge is 0.359 e. The van der Waals surface area contributed by atoms with Gasteiger partial charge in [-0.15, -0.1) is 0 Å². The van der Waals surface area contributed by atoms with E-state index in [1.54, 1.807) is 0 Å². The first-order chi connectivity index (χ1) is 8.93. The van der Waals surface area contributed by atoms with Crippen molar-refractivity contribution < 1.29 is 0 Å². The first kappa shape index (κ1) is 9.54. The number of H-pyrrole nitrogens is 1. The van der Waals surface area contributed by atoms with E-state index in [2.05, 4.69) is 64.9 Å². The summed E-state index contributed by atoms with van der Waals surface area (Å²) < 4.78 is 0. The molecule has 86 valence electrons. The standard InChI is InChI=1S/C16H12N2/c1-2-6-12-11(5-1)9-10-17-15-13-7-3-4-8-14(13)18-16(12)15/h1-10,17-18H. The summed E-state index contributed by atoms with van der Waals surface area (Å²) in [5, 5.41) is 4.61. The predicted molar refractivity (Wildman–Crippen MR) is 76.4 cm³/mol. The van der Waals surface area contributed by atoms with Crippen LogP contribution in [0, 0.1) is 0 Å². The Morgan fingerprint density at radius 2 is 1.67 bits per heavy atom. The number of benzene rings is 2. The molecule has 0 saturated heterocycles. The van der Waals surface area contributed by atoms with Crippen LogP contribution in [0.2, 0.25) is 0 Å². The molecule has 18 heavy (non-hydrogen) atoms. The average Bonchev–Trinajstić information content (AvgIpc) is 2.69. The number of aromatic nitrogens is 1. The van der Waals surface area contributed by atoms with E-state index < -0.39 is 0 Å². The second-order valence-corrected chi connectivity index (χ2v) is 4.49. The fourth-order valence-electron chi connectivity index (χ4n) is 2.58. The fraction of sp³-hybridized carbons (Fsp3) is 0. The molecule has 2 heterocycles. The van der Waals surface area contributed by atoms with Gasteiger partial charge in [0.05, 0.1) is 11.4 Å². The Morgan fingerprint density at radius 1 is 0.833 bits per heavy atom. The van der Waals surface area contributed by atoms with Crippen molar-refractivity contribution in [3.63, 3.8) is 0 Å². The molecule has 0 radical (unpaired) electrons. The lowest BCUT2D eigenvalue weighted by Crippen LogP contribution is -1.86.